The van der Waals surface area contributed by atoms with Crippen molar-refractivity contribution in [3.63, 3.8) is 0 Å². The van der Waals surface area contributed by atoms with E-state index >= 15 is 0 Å². The highest BCUT2D eigenvalue weighted by atomic mass is 19.2. The fourth-order valence-electron chi connectivity index (χ4n) is 1.41. The first kappa shape index (κ1) is 11.4. The third kappa shape index (κ3) is 1.82. The molecule has 0 saturated carbocycles. The molecule has 88 valence electrons. The molecule has 6 heteroatoms. The monoisotopic (exact) mass is 243 g/mol. The molecule has 0 radical (unpaired) electrons. The summed E-state index contributed by atoms with van der Waals surface area (Å²) in [7, 11) is 0. The number of rotatable bonds is 1. The smallest absolute Gasteiger partial charge is 0.252 e. The van der Waals surface area contributed by atoms with Crippen LogP contribution in [0.2, 0.25) is 0 Å². The summed E-state index contributed by atoms with van der Waals surface area (Å²) in [5.41, 5.74) is -1.32. The molecule has 0 amide bonds. The number of benzene rings is 1. The summed E-state index contributed by atoms with van der Waals surface area (Å²) in [5, 5.41) is 9.40. The Kier molecular flexibility index (Phi) is 2.71. The Bertz CT molecular complexity index is 560. The van der Waals surface area contributed by atoms with Crippen LogP contribution in [0.5, 0.6) is 5.75 Å². The van der Waals surface area contributed by atoms with E-state index in [-0.39, 0.29) is 5.56 Å². The van der Waals surface area contributed by atoms with Gasteiger partial charge in [-0.2, -0.15) is 13.8 Å². The average molecular weight is 243 g/mol. The third-order valence-corrected chi connectivity index (χ3v) is 2.17. The summed E-state index contributed by atoms with van der Waals surface area (Å²) < 4.78 is 52.4. The second-order valence-electron chi connectivity index (χ2n) is 3.21. The van der Waals surface area contributed by atoms with Gasteiger partial charge < -0.3 is 5.11 Å². The van der Waals surface area contributed by atoms with E-state index in [1.165, 1.54) is 12.1 Å². The minimum absolute atomic E-state index is 0.345. The van der Waals surface area contributed by atoms with Crippen molar-refractivity contribution in [1.29, 1.82) is 0 Å². The molecule has 0 aliphatic heterocycles. The number of aromatic nitrogens is 1. The van der Waals surface area contributed by atoms with Crippen LogP contribution >= 0.6 is 0 Å². The van der Waals surface area contributed by atoms with Gasteiger partial charge in [-0.1, -0.05) is 18.2 Å². The second-order valence-corrected chi connectivity index (χ2v) is 3.21. The molecule has 1 aromatic carbocycles. The summed E-state index contributed by atoms with van der Waals surface area (Å²) in [6.07, 6.45) is 0. The summed E-state index contributed by atoms with van der Waals surface area (Å²) in [6, 6.07) is 5.05. The number of aromatic hydroxyl groups is 1. The molecule has 0 saturated heterocycles. The van der Waals surface area contributed by atoms with Crippen molar-refractivity contribution in [3.05, 3.63) is 47.8 Å². The van der Waals surface area contributed by atoms with Crippen molar-refractivity contribution in [2.45, 2.75) is 0 Å². The minimum Gasteiger partial charge on any atom is -0.507 e. The number of phenolic OH excluding ortho intramolecular Hbond substituents is 1. The van der Waals surface area contributed by atoms with Gasteiger partial charge in [0.2, 0.25) is 0 Å². The van der Waals surface area contributed by atoms with Crippen LogP contribution in [0.15, 0.2) is 24.3 Å². The van der Waals surface area contributed by atoms with Crippen molar-refractivity contribution in [2.24, 2.45) is 0 Å². The summed E-state index contributed by atoms with van der Waals surface area (Å²) in [6.45, 7) is 0. The zero-order chi connectivity index (χ0) is 12.6. The Hall–Kier alpha value is -2.11. The maximum absolute atomic E-state index is 13.4. The van der Waals surface area contributed by atoms with Crippen molar-refractivity contribution in [1.82, 2.24) is 4.98 Å². The second kappa shape index (κ2) is 4.04. The Morgan fingerprint density at radius 2 is 1.41 bits per heavy atom. The molecule has 2 aromatic rings. The lowest BCUT2D eigenvalue weighted by molar-refractivity contribution is 0.409. The number of phenols is 1. The van der Waals surface area contributed by atoms with E-state index < -0.39 is 34.8 Å². The van der Waals surface area contributed by atoms with Crippen LogP contribution in [0.1, 0.15) is 0 Å². The molecule has 0 spiro atoms. The quantitative estimate of drug-likeness (QED) is 0.617. The number of para-hydroxylation sites is 1. The molecular weight excluding hydrogens is 238 g/mol. The summed E-state index contributed by atoms with van der Waals surface area (Å²) >= 11 is 0. The van der Waals surface area contributed by atoms with Gasteiger partial charge in [-0.25, -0.2) is 8.78 Å². The van der Waals surface area contributed by atoms with Crippen LogP contribution in [0.4, 0.5) is 17.6 Å². The molecule has 0 atom stereocenters. The molecule has 1 aromatic heterocycles. The number of halogens is 4. The molecule has 0 fully saturated rings. The van der Waals surface area contributed by atoms with E-state index in [0.717, 1.165) is 12.1 Å². The largest absolute Gasteiger partial charge is 0.507 e. The number of hydrogen-bond acceptors (Lipinski definition) is 2. The highest BCUT2D eigenvalue weighted by Crippen LogP contribution is 2.33. The molecule has 0 unspecified atom stereocenters. The summed E-state index contributed by atoms with van der Waals surface area (Å²) in [4.78, 5) is 2.42. The van der Waals surface area contributed by atoms with Crippen molar-refractivity contribution >= 4 is 0 Å². The Balaban J connectivity index is 2.80. The first-order valence-corrected chi connectivity index (χ1v) is 4.50. The van der Waals surface area contributed by atoms with Crippen LogP contribution in [0.3, 0.4) is 0 Å². The zero-order valence-corrected chi connectivity index (χ0v) is 8.22. The van der Waals surface area contributed by atoms with Crippen molar-refractivity contribution in [3.8, 4) is 16.9 Å². The van der Waals surface area contributed by atoms with Gasteiger partial charge >= 0.3 is 0 Å². The molecule has 1 N–H and O–H groups in total. The van der Waals surface area contributed by atoms with E-state index in [1.54, 1.807) is 0 Å². The van der Waals surface area contributed by atoms with Gasteiger partial charge in [0.05, 0.1) is 5.56 Å². The van der Waals surface area contributed by atoms with Gasteiger partial charge in [0.15, 0.2) is 11.6 Å². The highest BCUT2D eigenvalue weighted by Gasteiger charge is 2.23. The lowest BCUT2D eigenvalue weighted by Gasteiger charge is -2.07. The maximum Gasteiger partial charge on any atom is 0.252 e. The summed E-state index contributed by atoms with van der Waals surface area (Å²) in [5.74, 6) is -7.31. The van der Waals surface area contributed by atoms with Gasteiger partial charge in [0.1, 0.15) is 5.75 Å². The molecule has 2 rings (SSSR count). The van der Waals surface area contributed by atoms with Crippen molar-refractivity contribution in [2.75, 3.05) is 0 Å². The topological polar surface area (TPSA) is 33.1 Å². The lowest BCUT2D eigenvalue weighted by Crippen LogP contribution is -2.02. The zero-order valence-electron chi connectivity index (χ0n) is 8.22. The van der Waals surface area contributed by atoms with E-state index in [4.69, 9.17) is 0 Å². The highest BCUT2D eigenvalue weighted by molar-refractivity contribution is 5.70. The predicted molar refractivity (Wildman–Crippen MR) is 51.2 cm³/mol. The van der Waals surface area contributed by atoms with Crippen LogP contribution in [0.25, 0.3) is 11.1 Å². The molecule has 0 aliphatic carbocycles. The first-order chi connectivity index (χ1) is 8.02. The van der Waals surface area contributed by atoms with E-state index in [9.17, 15) is 22.7 Å². The van der Waals surface area contributed by atoms with Crippen LogP contribution in [-0.4, -0.2) is 10.1 Å². The van der Waals surface area contributed by atoms with Crippen molar-refractivity contribution < 1.29 is 22.7 Å². The minimum atomic E-state index is -1.76. The molecule has 17 heavy (non-hydrogen) atoms. The van der Waals surface area contributed by atoms with Crippen LogP contribution < -0.4 is 0 Å². The van der Waals surface area contributed by atoms with Crippen LogP contribution in [0, 0.1) is 23.5 Å². The normalized spacial score (nSPS) is 10.6. The van der Waals surface area contributed by atoms with Gasteiger partial charge in [-0.3, -0.25) is 0 Å². The molecular formula is C11H5F4NO. The molecule has 1 heterocycles. The fraction of sp³-hybridized carbons (Fsp3) is 0. The first-order valence-electron chi connectivity index (χ1n) is 4.50. The van der Waals surface area contributed by atoms with E-state index in [1.807, 2.05) is 0 Å². The van der Waals surface area contributed by atoms with E-state index in [0.29, 0.717) is 0 Å². The van der Waals surface area contributed by atoms with Gasteiger partial charge in [0.25, 0.3) is 11.9 Å². The van der Waals surface area contributed by atoms with Crippen LogP contribution in [-0.2, 0) is 0 Å². The molecule has 0 aliphatic rings. The Morgan fingerprint density at radius 3 is 1.94 bits per heavy atom. The van der Waals surface area contributed by atoms with Gasteiger partial charge in [-0.05, 0) is 6.07 Å². The fourth-order valence-corrected chi connectivity index (χ4v) is 1.41. The lowest BCUT2D eigenvalue weighted by atomic mass is 10.0. The maximum atomic E-state index is 13.4. The van der Waals surface area contributed by atoms with Gasteiger partial charge in [-0.15, -0.1) is 0 Å². The Morgan fingerprint density at radius 1 is 0.882 bits per heavy atom. The number of nitrogens with zero attached hydrogens (tertiary/aromatic N) is 1. The standard InChI is InChI=1S/C11H5F4NO/c12-8-7(5-3-1-2-4-6(5)17)9(13)11(15)16-10(8)14/h1-4,17H. The average Bonchev–Trinajstić information content (AvgIpc) is 2.29. The molecule has 0 bridgehead atoms. The predicted octanol–water partition coefficient (Wildman–Crippen LogP) is 3.01. The third-order valence-electron chi connectivity index (χ3n) is 2.17. The Labute approximate surface area is 93.2 Å². The van der Waals surface area contributed by atoms with E-state index in [2.05, 4.69) is 4.98 Å². The van der Waals surface area contributed by atoms with Gasteiger partial charge in [0, 0.05) is 5.56 Å². The number of hydrogen-bond donors (Lipinski definition) is 1. The number of pyridine rings is 1. The molecule has 2 nitrogen and oxygen atoms in total. The SMILES string of the molecule is Oc1ccccc1-c1c(F)c(F)nc(F)c1F.